The lowest BCUT2D eigenvalue weighted by Gasteiger charge is -2.09. The lowest BCUT2D eigenvalue weighted by molar-refractivity contribution is -0.115. The highest BCUT2D eigenvalue weighted by Crippen LogP contribution is 2.23. The molecule has 0 radical (unpaired) electrons. The largest absolute Gasteiger partial charge is 0.496 e. The second-order valence-electron chi connectivity index (χ2n) is 6.19. The molecule has 138 valence electrons. The van der Waals surface area contributed by atoms with Gasteiger partial charge in [-0.3, -0.25) is 4.79 Å². The Bertz CT molecular complexity index is 913. The molecule has 0 aliphatic rings. The maximum atomic E-state index is 12.4. The van der Waals surface area contributed by atoms with Crippen LogP contribution in [0.2, 0.25) is 0 Å². The number of pyridine rings is 1. The van der Waals surface area contributed by atoms with Crippen LogP contribution in [0, 0.1) is 6.92 Å². The zero-order valence-electron chi connectivity index (χ0n) is 15.4. The standard InChI is InChI=1S/C22H22N2O2S/c1-16-9-10-17(13-20(16)26-2)14-21(25)24-19-7-5-6-18(12-19)15-27-22-8-3-4-11-23-22/h3-13H,14-15H2,1-2H3,(H,24,25). The molecule has 1 amide bonds. The van der Waals surface area contributed by atoms with Gasteiger partial charge in [0.1, 0.15) is 5.75 Å². The van der Waals surface area contributed by atoms with Crippen molar-refractivity contribution in [1.82, 2.24) is 4.98 Å². The topological polar surface area (TPSA) is 51.2 Å². The summed E-state index contributed by atoms with van der Waals surface area (Å²) in [4.78, 5) is 16.7. The molecule has 0 aliphatic heterocycles. The molecule has 3 rings (SSSR count). The Balaban J connectivity index is 1.59. The molecule has 0 saturated carbocycles. The third kappa shape index (κ3) is 5.59. The normalized spacial score (nSPS) is 10.4. The molecule has 4 nitrogen and oxygen atoms in total. The van der Waals surface area contributed by atoms with E-state index < -0.39 is 0 Å². The van der Waals surface area contributed by atoms with E-state index in [4.69, 9.17) is 4.74 Å². The first-order valence-electron chi connectivity index (χ1n) is 8.70. The van der Waals surface area contributed by atoms with Crippen LogP contribution in [0.3, 0.4) is 0 Å². The molecule has 0 aliphatic carbocycles. The molecular weight excluding hydrogens is 356 g/mol. The van der Waals surface area contributed by atoms with Gasteiger partial charge in [0, 0.05) is 17.6 Å². The molecule has 0 bridgehead atoms. The summed E-state index contributed by atoms with van der Waals surface area (Å²) in [6.45, 7) is 1.98. The van der Waals surface area contributed by atoms with Crippen LogP contribution < -0.4 is 10.1 Å². The minimum Gasteiger partial charge on any atom is -0.496 e. The van der Waals surface area contributed by atoms with Gasteiger partial charge in [0.25, 0.3) is 0 Å². The molecule has 0 spiro atoms. The maximum absolute atomic E-state index is 12.4. The summed E-state index contributed by atoms with van der Waals surface area (Å²) in [7, 11) is 1.64. The van der Waals surface area contributed by atoms with Crippen LogP contribution in [0.15, 0.2) is 71.9 Å². The molecule has 1 heterocycles. The van der Waals surface area contributed by atoms with E-state index in [0.717, 1.165) is 38.9 Å². The van der Waals surface area contributed by atoms with Gasteiger partial charge in [-0.05, 0) is 53.9 Å². The fraction of sp³-hybridized carbons (Fsp3) is 0.182. The number of anilines is 1. The van der Waals surface area contributed by atoms with Gasteiger partial charge in [0.15, 0.2) is 0 Å². The lowest BCUT2D eigenvalue weighted by Crippen LogP contribution is -2.14. The number of nitrogens with one attached hydrogen (secondary N) is 1. The van der Waals surface area contributed by atoms with Gasteiger partial charge in [0.05, 0.1) is 18.6 Å². The van der Waals surface area contributed by atoms with Crippen LogP contribution in [0.4, 0.5) is 5.69 Å². The maximum Gasteiger partial charge on any atom is 0.228 e. The highest BCUT2D eigenvalue weighted by Gasteiger charge is 2.07. The van der Waals surface area contributed by atoms with Gasteiger partial charge in [-0.1, -0.05) is 30.3 Å². The van der Waals surface area contributed by atoms with Crippen molar-refractivity contribution in [3.63, 3.8) is 0 Å². The highest BCUT2D eigenvalue weighted by atomic mass is 32.2. The smallest absolute Gasteiger partial charge is 0.228 e. The van der Waals surface area contributed by atoms with Gasteiger partial charge in [-0.25, -0.2) is 4.98 Å². The van der Waals surface area contributed by atoms with Crippen LogP contribution in [-0.4, -0.2) is 18.0 Å². The van der Waals surface area contributed by atoms with Crippen molar-refractivity contribution in [2.75, 3.05) is 12.4 Å². The van der Waals surface area contributed by atoms with Gasteiger partial charge < -0.3 is 10.1 Å². The number of rotatable bonds is 7. The Kier molecular flexibility index (Phi) is 6.49. The van der Waals surface area contributed by atoms with Crippen LogP contribution in [0.25, 0.3) is 0 Å². The van der Waals surface area contributed by atoms with E-state index in [2.05, 4.69) is 16.4 Å². The SMILES string of the molecule is COc1cc(CC(=O)Nc2cccc(CSc3ccccn3)c2)ccc1C. The molecule has 2 aromatic carbocycles. The van der Waals surface area contributed by atoms with E-state index in [1.54, 1.807) is 25.1 Å². The number of carbonyl (C=O) groups is 1. The second-order valence-corrected chi connectivity index (χ2v) is 7.18. The number of benzene rings is 2. The summed E-state index contributed by atoms with van der Waals surface area (Å²) >= 11 is 1.67. The summed E-state index contributed by atoms with van der Waals surface area (Å²) in [6.07, 6.45) is 2.10. The van der Waals surface area contributed by atoms with Crippen LogP contribution >= 0.6 is 11.8 Å². The van der Waals surface area contributed by atoms with Gasteiger partial charge in [0.2, 0.25) is 5.91 Å². The monoisotopic (exact) mass is 378 g/mol. The minimum absolute atomic E-state index is 0.0459. The molecular formula is C22H22N2O2S. The van der Waals surface area contributed by atoms with Crippen molar-refractivity contribution in [1.29, 1.82) is 0 Å². The molecule has 3 aromatic rings. The Hall–Kier alpha value is -2.79. The van der Waals surface area contributed by atoms with Crippen LogP contribution in [0.5, 0.6) is 5.75 Å². The fourth-order valence-corrected chi connectivity index (χ4v) is 3.50. The fourth-order valence-electron chi connectivity index (χ4n) is 2.69. The average molecular weight is 378 g/mol. The predicted octanol–water partition coefficient (Wildman–Crippen LogP) is 4.87. The van der Waals surface area contributed by atoms with Gasteiger partial charge >= 0.3 is 0 Å². The lowest BCUT2D eigenvalue weighted by atomic mass is 10.1. The molecule has 5 heteroatoms. The zero-order valence-corrected chi connectivity index (χ0v) is 16.3. The van der Waals surface area contributed by atoms with Crippen molar-refractivity contribution in [2.45, 2.75) is 24.1 Å². The van der Waals surface area contributed by atoms with Crippen molar-refractivity contribution in [3.8, 4) is 5.75 Å². The summed E-state index contributed by atoms with van der Waals surface area (Å²) in [5.41, 5.74) is 3.93. The average Bonchev–Trinajstić information content (AvgIpc) is 2.69. The number of thioether (sulfide) groups is 1. The van der Waals surface area contributed by atoms with E-state index in [0.29, 0.717) is 6.42 Å². The minimum atomic E-state index is -0.0459. The third-order valence-electron chi connectivity index (χ3n) is 4.07. The quantitative estimate of drug-likeness (QED) is 0.596. The number of hydrogen-bond acceptors (Lipinski definition) is 4. The van der Waals surface area contributed by atoms with Crippen molar-refractivity contribution >= 4 is 23.4 Å². The third-order valence-corrected chi connectivity index (χ3v) is 5.09. The molecule has 27 heavy (non-hydrogen) atoms. The van der Waals surface area contributed by atoms with Crippen molar-refractivity contribution in [3.05, 3.63) is 83.6 Å². The number of nitrogens with zero attached hydrogens (tertiary/aromatic N) is 1. The summed E-state index contributed by atoms with van der Waals surface area (Å²) in [5.74, 6) is 1.56. The van der Waals surface area contributed by atoms with Crippen LogP contribution in [0.1, 0.15) is 16.7 Å². The molecule has 0 unspecified atom stereocenters. The van der Waals surface area contributed by atoms with Crippen molar-refractivity contribution in [2.24, 2.45) is 0 Å². The molecule has 0 atom stereocenters. The van der Waals surface area contributed by atoms with Crippen molar-refractivity contribution < 1.29 is 9.53 Å². The Morgan fingerprint density at radius 1 is 1.07 bits per heavy atom. The number of aromatic nitrogens is 1. The number of carbonyl (C=O) groups excluding carboxylic acids is 1. The van der Waals surface area contributed by atoms with E-state index >= 15 is 0 Å². The first kappa shape index (κ1) is 19.0. The van der Waals surface area contributed by atoms with E-state index in [1.165, 1.54) is 0 Å². The first-order chi connectivity index (χ1) is 13.1. The first-order valence-corrected chi connectivity index (χ1v) is 9.69. The number of hydrogen-bond donors (Lipinski definition) is 1. The van der Waals surface area contributed by atoms with Gasteiger partial charge in [-0.2, -0.15) is 0 Å². The predicted molar refractivity (Wildman–Crippen MR) is 110 cm³/mol. The summed E-state index contributed by atoms with van der Waals surface area (Å²) in [5, 5.41) is 3.96. The Morgan fingerprint density at radius 2 is 1.96 bits per heavy atom. The molecule has 1 N–H and O–H groups in total. The zero-order chi connectivity index (χ0) is 19.1. The Labute approximate surface area is 164 Å². The number of methoxy groups -OCH3 is 1. The number of amides is 1. The second kappa shape index (κ2) is 9.24. The highest BCUT2D eigenvalue weighted by molar-refractivity contribution is 7.98. The van der Waals surface area contributed by atoms with Gasteiger partial charge in [-0.15, -0.1) is 11.8 Å². The van der Waals surface area contributed by atoms with E-state index in [1.807, 2.05) is 61.5 Å². The molecule has 1 aromatic heterocycles. The number of aryl methyl sites for hydroxylation is 1. The van der Waals surface area contributed by atoms with Crippen LogP contribution in [-0.2, 0) is 17.0 Å². The number of ether oxygens (including phenoxy) is 1. The van der Waals surface area contributed by atoms with E-state index in [-0.39, 0.29) is 5.91 Å². The summed E-state index contributed by atoms with van der Waals surface area (Å²) in [6, 6.07) is 19.6. The Morgan fingerprint density at radius 3 is 2.74 bits per heavy atom. The van der Waals surface area contributed by atoms with E-state index in [9.17, 15) is 4.79 Å². The summed E-state index contributed by atoms with van der Waals surface area (Å²) < 4.78 is 5.33. The molecule has 0 fully saturated rings. The molecule has 0 saturated heterocycles.